The molecule has 0 radical (unpaired) electrons. The van der Waals surface area contributed by atoms with Crippen LogP contribution in [0.15, 0.2) is 41.5 Å². The van der Waals surface area contributed by atoms with Crippen molar-refractivity contribution in [3.05, 3.63) is 68.8 Å². The number of hydrazone groups is 1. The highest BCUT2D eigenvalue weighted by Crippen LogP contribution is 2.39. The van der Waals surface area contributed by atoms with Crippen molar-refractivity contribution in [3.8, 4) is 5.75 Å². The first-order valence-corrected chi connectivity index (χ1v) is 7.38. The van der Waals surface area contributed by atoms with Gasteiger partial charge in [-0.1, -0.05) is 17.9 Å². The molecule has 0 spiro atoms. The molecule has 7 nitrogen and oxygen atoms in total. The van der Waals surface area contributed by atoms with Gasteiger partial charge in [0, 0.05) is 12.1 Å². The summed E-state index contributed by atoms with van der Waals surface area (Å²) in [7, 11) is 0. The highest BCUT2D eigenvalue weighted by atomic mass is 19.4. The Labute approximate surface area is 157 Å². The minimum absolute atomic E-state index is 0.296. The van der Waals surface area contributed by atoms with E-state index in [0.717, 1.165) is 18.2 Å². The molecular formula is C16H8F6N3O4-. The maximum atomic E-state index is 13.0. The number of hydrogen-bond donors (Lipinski definition) is 1. The third-order valence-corrected chi connectivity index (χ3v) is 3.48. The molecule has 0 heterocycles. The van der Waals surface area contributed by atoms with Crippen molar-refractivity contribution >= 4 is 17.8 Å². The van der Waals surface area contributed by atoms with Crippen LogP contribution in [0.25, 0.3) is 0 Å². The fourth-order valence-electron chi connectivity index (χ4n) is 2.24. The van der Waals surface area contributed by atoms with Crippen molar-refractivity contribution < 1.29 is 41.2 Å². The number of alkyl halides is 6. The van der Waals surface area contributed by atoms with Crippen LogP contribution < -0.4 is 10.5 Å². The van der Waals surface area contributed by atoms with Crippen LogP contribution >= 0.6 is 0 Å². The maximum Gasteiger partial charge on any atom is 0.417 e. The first-order chi connectivity index (χ1) is 13.3. The van der Waals surface area contributed by atoms with E-state index in [9.17, 15) is 46.4 Å². The third kappa shape index (κ3) is 5.00. The minimum Gasteiger partial charge on any atom is -0.872 e. The van der Waals surface area contributed by atoms with Crippen LogP contribution in [0.3, 0.4) is 0 Å². The van der Waals surface area contributed by atoms with Crippen LogP contribution in [0.2, 0.25) is 0 Å². The first-order valence-electron chi connectivity index (χ1n) is 7.38. The molecule has 0 atom stereocenters. The van der Waals surface area contributed by atoms with E-state index in [1.807, 2.05) is 0 Å². The highest BCUT2D eigenvalue weighted by molar-refractivity contribution is 5.98. The molecule has 1 amide bonds. The van der Waals surface area contributed by atoms with Gasteiger partial charge >= 0.3 is 12.4 Å². The summed E-state index contributed by atoms with van der Waals surface area (Å²) in [5, 5.41) is 25.4. The van der Waals surface area contributed by atoms with Crippen LogP contribution in [-0.4, -0.2) is 17.0 Å². The van der Waals surface area contributed by atoms with Gasteiger partial charge in [0.1, 0.15) is 0 Å². The summed E-state index contributed by atoms with van der Waals surface area (Å²) in [5.74, 6) is -2.61. The number of amides is 1. The topological polar surface area (TPSA) is 108 Å². The zero-order valence-corrected chi connectivity index (χ0v) is 13.8. The molecule has 0 saturated carbocycles. The standard InChI is InChI=1S/C16H9F6N3O4/c17-15(18,19)10-2-1-3-11(16(20,21)22)13(10)14(27)24-23-7-8-6-9(25(28)29)4-5-12(8)26/h1-7,26H,(H,24,27)/p-1/b23-7-. The number of carbonyl (C=O) groups excluding carboxylic acids is 1. The Kier molecular flexibility index (Phi) is 5.80. The van der Waals surface area contributed by atoms with Crippen molar-refractivity contribution in [2.75, 3.05) is 0 Å². The molecule has 0 aliphatic rings. The predicted molar refractivity (Wildman–Crippen MR) is 84.0 cm³/mol. The average Bonchev–Trinajstić information content (AvgIpc) is 2.60. The molecule has 0 fully saturated rings. The molecule has 0 aliphatic carbocycles. The summed E-state index contributed by atoms with van der Waals surface area (Å²) in [6.07, 6.45) is -9.96. The Morgan fingerprint density at radius 1 is 1.03 bits per heavy atom. The Morgan fingerprint density at radius 3 is 2.07 bits per heavy atom. The minimum atomic E-state index is -5.26. The number of carbonyl (C=O) groups is 1. The van der Waals surface area contributed by atoms with Gasteiger partial charge in [0.05, 0.1) is 27.8 Å². The number of rotatable bonds is 4. The van der Waals surface area contributed by atoms with Gasteiger partial charge in [-0.05, 0) is 17.7 Å². The van der Waals surface area contributed by atoms with Gasteiger partial charge in [-0.15, -0.1) is 0 Å². The van der Waals surface area contributed by atoms with Crippen LogP contribution in [0.4, 0.5) is 32.0 Å². The molecule has 29 heavy (non-hydrogen) atoms. The van der Waals surface area contributed by atoms with Crippen LogP contribution in [0.5, 0.6) is 5.75 Å². The highest BCUT2D eigenvalue weighted by Gasteiger charge is 2.42. The van der Waals surface area contributed by atoms with E-state index >= 15 is 0 Å². The quantitative estimate of drug-likeness (QED) is 0.354. The van der Waals surface area contributed by atoms with Gasteiger partial charge in [-0.2, -0.15) is 31.4 Å². The molecule has 0 aliphatic heterocycles. The molecular weight excluding hydrogens is 412 g/mol. The number of nitro groups is 1. The SMILES string of the molecule is O=C(N/N=C\c1cc([N+](=O)[O-])ccc1[O-])c1c(C(F)(F)F)cccc1C(F)(F)F. The lowest BCUT2D eigenvalue weighted by Gasteiger charge is -2.17. The number of nitrogens with zero attached hydrogens (tertiary/aromatic N) is 2. The zero-order valence-electron chi connectivity index (χ0n) is 13.8. The Morgan fingerprint density at radius 2 is 1.59 bits per heavy atom. The van der Waals surface area contributed by atoms with Gasteiger partial charge in [0.2, 0.25) is 0 Å². The zero-order chi connectivity index (χ0) is 22.0. The summed E-state index contributed by atoms with van der Waals surface area (Å²) in [4.78, 5) is 21.8. The van der Waals surface area contributed by atoms with Crippen molar-refractivity contribution in [2.45, 2.75) is 12.4 Å². The molecule has 154 valence electrons. The number of benzene rings is 2. The molecule has 1 N–H and O–H groups in total. The second-order valence-electron chi connectivity index (χ2n) is 5.40. The van der Waals surface area contributed by atoms with Crippen molar-refractivity contribution in [2.24, 2.45) is 5.10 Å². The maximum absolute atomic E-state index is 13.0. The number of non-ortho nitro benzene ring substituents is 1. The second-order valence-corrected chi connectivity index (χ2v) is 5.40. The lowest BCUT2D eigenvalue weighted by molar-refractivity contribution is -0.385. The molecule has 13 heteroatoms. The first kappa shape index (κ1) is 21.7. The van der Waals surface area contributed by atoms with Gasteiger partial charge in [0.15, 0.2) is 0 Å². The summed E-state index contributed by atoms with van der Waals surface area (Å²) in [6, 6.07) is 3.55. The smallest absolute Gasteiger partial charge is 0.417 e. The van der Waals surface area contributed by atoms with Crippen molar-refractivity contribution in [1.29, 1.82) is 0 Å². The second kappa shape index (κ2) is 7.77. The third-order valence-electron chi connectivity index (χ3n) is 3.48. The molecule has 0 bridgehead atoms. The molecule has 2 rings (SSSR count). The number of nitrogens with one attached hydrogen (secondary N) is 1. The van der Waals surface area contributed by atoms with Gasteiger partial charge in [0.25, 0.3) is 11.6 Å². The molecule has 2 aromatic carbocycles. The van der Waals surface area contributed by atoms with Gasteiger partial charge in [-0.3, -0.25) is 14.9 Å². The average molecular weight is 420 g/mol. The number of hydrogen-bond acceptors (Lipinski definition) is 5. The van der Waals surface area contributed by atoms with Crippen molar-refractivity contribution in [1.82, 2.24) is 5.43 Å². The Balaban J connectivity index is 2.40. The summed E-state index contributed by atoms with van der Waals surface area (Å²) < 4.78 is 78.3. The van der Waals surface area contributed by atoms with Crippen LogP contribution in [0.1, 0.15) is 27.0 Å². The fourth-order valence-corrected chi connectivity index (χ4v) is 2.24. The van der Waals surface area contributed by atoms with E-state index in [4.69, 9.17) is 0 Å². The normalized spacial score (nSPS) is 12.2. The van der Waals surface area contributed by atoms with Crippen LogP contribution in [-0.2, 0) is 12.4 Å². The molecule has 0 aromatic heterocycles. The largest absolute Gasteiger partial charge is 0.872 e. The van der Waals surface area contributed by atoms with E-state index in [-0.39, 0.29) is 0 Å². The van der Waals surface area contributed by atoms with E-state index < -0.39 is 56.9 Å². The Hall–Kier alpha value is -3.64. The summed E-state index contributed by atoms with van der Waals surface area (Å²) in [6.45, 7) is 0. The van der Waals surface area contributed by atoms with Crippen molar-refractivity contribution in [3.63, 3.8) is 0 Å². The van der Waals surface area contributed by atoms with E-state index in [1.54, 1.807) is 0 Å². The summed E-state index contributed by atoms with van der Waals surface area (Å²) in [5.41, 5.74) is -4.83. The fraction of sp³-hybridized carbons (Fsp3) is 0.125. The van der Waals surface area contributed by atoms with Gasteiger partial charge in [-0.25, -0.2) is 5.43 Å². The molecule has 0 saturated heterocycles. The number of halogens is 6. The Bertz CT molecular complexity index is 953. The monoisotopic (exact) mass is 420 g/mol. The number of nitro benzene ring substituents is 1. The predicted octanol–water partition coefficient (Wildman–Crippen LogP) is 3.47. The summed E-state index contributed by atoms with van der Waals surface area (Å²) >= 11 is 0. The van der Waals surface area contributed by atoms with E-state index in [0.29, 0.717) is 24.4 Å². The van der Waals surface area contributed by atoms with E-state index in [2.05, 4.69) is 5.10 Å². The molecule has 0 unspecified atom stereocenters. The molecule has 2 aromatic rings. The lowest BCUT2D eigenvalue weighted by Crippen LogP contribution is -2.26. The van der Waals surface area contributed by atoms with Gasteiger partial charge < -0.3 is 5.11 Å². The van der Waals surface area contributed by atoms with Crippen LogP contribution in [0, 0.1) is 10.1 Å². The lowest BCUT2D eigenvalue weighted by atomic mass is 9.99. The van der Waals surface area contributed by atoms with E-state index in [1.165, 1.54) is 5.43 Å².